The highest BCUT2D eigenvalue weighted by Gasteiger charge is 2.40. The molecule has 3 nitrogen and oxygen atoms in total. The lowest BCUT2D eigenvalue weighted by Crippen LogP contribution is -2.45. The van der Waals surface area contributed by atoms with Crippen LogP contribution in [0.5, 0.6) is 0 Å². The minimum absolute atomic E-state index is 0.271. The highest BCUT2D eigenvalue weighted by Crippen LogP contribution is 2.45. The molecule has 0 amide bonds. The standard InChI is InChI=1S/C22H36N2OS/c1-3-4-16-25-20-10-8-9-19(11-12-20)18-22(13-6-5-7-14-22)21-23-26-17-15-24(21)2/h11-12H,3-10,13-18H2,1-2H3. The third kappa shape index (κ3) is 5.09. The molecule has 0 aromatic carbocycles. The van der Waals surface area contributed by atoms with Crippen molar-refractivity contribution in [3.8, 4) is 0 Å². The Morgan fingerprint density at radius 3 is 2.77 bits per heavy atom. The van der Waals surface area contributed by atoms with Gasteiger partial charge in [-0.1, -0.05) is 44.3 Å². The SMILES string of the molecule is CCCCOC1=CC=C(CC2(C3=NSCCN3C)CCCCC2)CCC1. The highest BCUT2D eigenvalue weighted by molar-refractivity contribution is 7.98. The van der Waals surface area contributed by atoms with Crippen molar-refractivity contribution < 1.29 is 4.74 Å². The van der Waals surface area contributed by atoms with Crippen molar-refractivity contribution >= 4 is 17.8 Å². The van der Waals surface area contributed by atoms with Gasteiger partial charge in [0.15, 0.2) is 0 Å². The second-order valence-electron chi connectivity index (χ2n) is 8.20. The van der Waals surface area contributed by atoms with E-state index < -0.39 is 0 Å². The molecule has 0 aromatic rings. The zero-order valence-electron chi connectivity index (χ0n) is 16.8. The average molecular weight is 377 g/mol. The Morgan fingerprint density at radius 2 is 2.00 bits per heavy atom. The third-order valence-corrected chi connectivity index (χ3v) is 6.76. The van der Waals surface area contributed by atoms with Crippen molar-refractivity contribution in [3.63, 3.8) is 0 Å². The normalized spacial score (nSPS) is 23.6. The van der Waals surface area contributed by atoms with E-state index in [0.717, 1.165) is 31.7 Å². The number of hydrogen-bond acceptors (Lipinski definition) is 4. The number of unbranched alkanes of at least 4 members (excludes halogenated alkanes) is 1. The summed E-state index contributed by atoms with van der Waals surface area (Å²) in [6, 6.07) is 0. The summed E-state index contributed by atoms with van der Waals surface area (Å²) >= 11 is 1.77. The molecule has 146 valence electrons. The first kappa shape index (κ1) is 19.9. The zero-order valence-corrected chi connectivity index (χ0v) is 17.6. The van der Waals surface area contributed by atoms with E-state index in [1.807, 2.05) is 0 Å². The molecule has 0 radical (unpaired) electrons. The molecule has 1 fully saturated rings. The highest BCUT2D eigenvalue weighted by atomic mass is 32.2. The maximum atomic E-state index is 5.98. The predicted molar refractivity (Wildman–Crippen MR) is 114 cm³/mol. The van der Waals surface area contributed by atoms with Gasteiger partial charge in [0, 0.05) is 31.2 Å². The van der Waals surface area contributed by atoms with Crippen LogP contribution in [0, 0.1) is 5.41 Å². The summed E-state index contributed by atoms with van der Waals surface area (Å²) in [6.07, 6.45) is 18.4. The van der Waals surface area contributed by atoms with Crippen molar-refractivity contribution in [2.75, 3.05) is 26.0 Å². The van der Waals surface area contributed by atoms with Crippen LogP contribution in [0.15, 0.2) is 27.9 Å². The van der Waals surface area contributed by atoms with E-state index in [9.17, 15) is 0 Å². The Balaban J connectivity index is 1.73. The van der Waals surface area contributed by atoms with E-state index in [0.29, 0.717) is 0 Å². The van der Waals surface area contributed by atoms with Crippen molar-refractivity contribution in [1.82, 2.24) is 4.90 Å². The number of ether oxygens (including phenoxy) is 1. The molecular formula is C22H36N2OS. The molecule has 1 aliphatic heterocycles. The van der Waals surface area contributed by atoms with Crippen molar-refractivity contribution in [2.45, 2.75) is 77.6 Å². The fourth-order valence-corrected chi connectivity index (χ4v) is 5.49. The minimum atomic E-state index is 0.271. The van der Waals surface area contributed by atoms with Gasteiger partial charge in [-0.25, -0.2) is 4.40 Å². The molecule has 0 saturated heterocycles. The summed E-state index contributed by atoms with van der Waals surface area (Å²) in [6.45, 7) is 4.23. The summed E-state index contributed by atoms with van der Waals surface area (Å²) in [7, 11) is 2.25. The number of allylic oxidation sites excluding steroid dienone is 4. The quantitative estimate of drug-likeness (QED) is 0.395. The van der Waals surface area contributed by atoms with E-state index in [2.05, 4.69) is 31.0 Å². The lowest BCUT2D eigenvalue weighted by molar-refractivity contribution is 0.197. The molecule has 3 rings (SSSR count). The van der Waals surface area contributed by atoms with Crippen LogP contribution >= 0.6 is 11.9 Å². The van der Waals surface area contributed by atoms with Gasteiger partial charge >= 0.3 is 0 Å². The van der Waals surface area contributed by atoms with Gasteiger partial charge in [0.1, 0.15) is 5.84 Å². The Morgan fingerprint density at radius 1 is 1.15 bits per heavy atom. The smallest absolute Gasteiger partial charge is 0.119 e. The number of nitrogens with zero attached hydrogens (tertiary/aromatic N) is 2. The summed E-state index contributed by atoms with van der Waals surface area (Å²) in [5.41, 5.74) is 1.88. The number of hydrogen-bond donors (Lipinski definition) is 0. The van der Waals surface area contributed by atoms with Crippen LogP contribution in [0.3, 0.4) is 0 Å². The monoisotopic (exact) mass is 376 g/mol. The minimum Gasteiger partial charge on any atom is -0.498 e. The lowest BCUT2D eigenvalue weighted by Gasteiger charge is -2.43. The van der Waals surface area contributed by atoms with Gasteiger partial charge in [-0.2, -0.15) is 0 Å². The summed E-state index contributed by atoms with van der Waals surface area (Å²) in [5.74, 6) is 3.69. The van der Waals surface area contributed by atoms with E-state index in [1.165, 1.54) is 69.4 Å². The number of rotatable bonds is 7. The van der Waals surface area contributed by atoms with Crippen molar-refractivity contribution in [2.24, 2.45) is 9.81 Å². The molecule has 1 heterocycles. The average Bonchev–Trinajstić information content (AvgIpc) is 2.88. The van der Waals surface area contributed by atoms with Crippen LogP contribution in [-0.2, 0) is 4.74 Å². The Kier molecular flexibility index (Phi) is 7.53. The Hall–Kier alpha value is -0.900. The fraction of sp³-hybridized carbons (Fsp3) is 0.773. The van der Waals surface area contributed by atoms with Gasteiger partial charge in [0.25, 0.3) is 0 Å². The lowest BCUT2D eigenvalue weighted by atomic mass is 9.68. The summed E-state index contributed by atoms with van der Waals surface area (Å²) in [5, 5.41) is 0. The van der Waals surface area contributed by atoms with Crippen LogP contribution in [0.4, 0.5) is 0 Å². The Bertz CT molecular complexity index is 546. The van der Waals surface area contributed by atoms with E-state index in [-0.39, 0.29) is 5.41 Å². The molecule has 0 atom stereocenters. The molecule has 0 aromatic heterocycles. The molecule has 26 heavy (non-hydrogen) atoms. The largest absolute Gasteiger partial charge is 0.498 e. The number of amidine groups is 1. The van der Waals surface area contributed by atoms with E-state index in [4.69, 9.17) is 9.13 Å². The molecule has 0 unspecified atom stereocenters. The molecule has 4 heteroatoms. The maximum absolute atomic E-state index is 5.98. The van der Waals surface area contributed by atoms with E-state index in [1.54, 1.807) is 17.5 Å². The van der Waals surface area contributed by atoms with Crippen molar-refractivity contribution in [1.29, 1.82) is 0 Å². The first-order valence-corrected chi connectivity index (χ1v) is 11.6. The predicted octanol–water partition coefficient (Wildman–Crippen LogP) is 6.13. The van der Waals surface area contributed by atoms with Crippen molar-refractivity contribution in [3.05, 3.63) is 23.5 Å². The molecule has 0 spiro atoms. The maximum Gasteiger partial charge on any atom is 0.119 e. The van der Waals surface area contributed by atoms with Crippen LogP contribution in [0.2, 0.25) is 0 Å². The first-order chi connectivity index (χ1) is 12.7. The molecule has 3 aliphatic rings. The van der Waals surface area contributed by atoms with Gasteiger partial charge in [0.2, 0.25) is 0 Å². The van der Waals surface area contributed by atoms with Crippen LogP contribution in [-0.4, -0.2) is 36.7 Å². The van der Waals surface area contributed by atoms with Crippen LogP contribution in [0.25, 0.3) is 0 Å². The zero-order chi connectivity index (χ0) is 18.2. The Labute approximate surface area is 164 Å². The van der Waals surface area contributed by atoms with Gasteiger partial charge in [-0.15, -0.1) is 0 Å². The van der Waals surface area contributed by atoms with Gasteiger partial charge in [-0.05, 0) is 56.5 Å². The van der Waals surface area contributed by atoms with Crippen LogP contribution < -0.4 is 0 Å². The second kappa shape index (κ2) is 9.87. The third-order valence-electron chi connectivity index (χ3n) is 6.09. The van der Waals surface area contributed by atoms with E-state index >= 15 is 0 Å². The van der Waals surface area contributed by atoms with Gasteiger partial charge in [0.05, 0.1) is 12.4 Å². The topological polar surface area (TPSA) is 24.8 Å². The molecule has 0 N–H and O–H groups in total. The van der Waals surface area contributed by atoms with Gasteiger partial charge in [-0.3, -0.25) is 0 Å². The summed E-state index contributed by atoms with van der Waals surface area (Å²) in [4.78, 5) is 2.44. The molecule has 0 bridgehead atoms. The fourth-order valence-electron chi connectivity index (χ4n) is 4.59. The molecule has 1 saturated carbocycles. The molecular weight excluding hydrogens is 340 g/mol. The second-order valence-corrected chi connectivity index (χ2v) is 9.05. The first-order valence-electron chi connectivity index (χ1n) is 10.7. The molecule has 2 aliphatic carbocycles. The van der Waals surface area contributed by atoms with Crippen LogP contribution in [0.1, 0.15) is 77.6 Å². The van der Waals surface area contributed by atoms with Gasteiger partial charge < -0.3 is 9.64 Å². The summed E-state index contributed by atoms with van der Waals surface area (Å²) < 4.78 is 10.9.